The predicted octanol–water partition coefficient (Wildman–Crippen LogP) is 2.33. The van der Waals surface area contributed by atoms with Gasteiger partial charge in [0.25, 0.3) is 5.69 Å². The van der Waals surface area contributed by atoms with Crippen molar-refractivity contribution in [3.63, 3.8) is 0 Å². The summed E-state index contributed by atoms with van der Waals surface area (Å²) < 4.78 is 12.6. The van der Waals surface area contributed by atoms with Crippen LogP contribution in [0.4, 0.5) is 10.1 Å². The van der Waals surface area contributed by atoms with Gasteiger partial charge in [-0.2, -0.15) is 0 Å². The molecular formula is C8H8BrFN2O2. The van der Waals surface area contributed by atoms with Gasteiger partial charge >= 0.3 is 0 Å². The molecule has 4 nitrogen and oxygen atoms in total. The van der Waals surface area contributed by atoms with Crippen LogP contribution in [0.3, 0.4) is 0 Å². The number of hydrogen-bond acceptors (Lipinski definition) is 3. The molecule has 0 radical (unpaired) electrons. The van der Waals surface area contributed by atoms with Gasteiger partial charge in [-0.25, -0.2) is 4.39 Å². The first kappa shape index (κ1) is 11.1. The average Bonchev–Trinajstić information content (AvgIpc) is 2.17. The number of hydrogen-bond donors (Lipinski definition) is 1. The van der Waals surface area contributed by atoms with Gasteiger partial charge in [0.15, 0.2) is 0 Å². The largest absolute Gasteiger partial charge is 0.322 e. The van der Waals surface area contributed by atoms with Gasteiger partial charge in [-0.05, 0) is 27.6 Å². The Morgan fingerprint density at radius 2 is 2.29 bits per heavy atom. The van der Waals surface area contributed by atoms with Gasteiger partial charge in [0.2, 0.25) is 0 Å². The SMILES string of the molecule is N[C@H](CF)c1ccc(Br)c([N+](=O)[O-])c1. The van der Waals surface area contributed by atoms with Crippen molar-refractivity contribution in [1.82, 2.24) is 0 Å². The van der Waals surface area contributed by atoms with E-state index in [4.69, 9.17) is 5.73 Å². The average molecular weight is 263 g/mol. The van der Waals surface area contributed by atoms with Crippen molar-refractivity contribution in [3.8, 4) is 0 Å². The Balaban J connectivity index is 3.12. The van der Waals surface area contributed by atoms with Gasteiger partial charge in [-0.1, -0.05) is 6.07 Å². The quantitative estimate of drug-likeness (QED) is 0.672. The molecule has 0 aromatic heterocycles. The Labute approximate surface area is 88.2 Å². The second-order valence-electron chi connectivity index (χ2n) is 2.73. The minimum Gasteiger partial charge on any atom is -0.322 e. The van der Waals surface area contributed by atoms with Crippen LogP contribution in [0, 0.1) is 10.1 Å². The minimum absolute atomic E-state index is 0.105. The highest BCUT2D eigenvalue weighted by atomic mass is 79.9. The van der Waals surface area contributed by atoms with Gasteiger partial charge in [-0.15, -0.1) is 0 Å². The summed E-state index contributed by atoms with van der Waals surface area (Å²) in [4.78, 5) is 9.98. The molecule has 0 amide bonds. The minimum atomic E-state index is -0.804. The predicted molar refractivity (Wildman–Crippen MR) is 53.7 cm³/mol. The molecule has 14 heavy (non-hydrogen) atoms. The molecule has 0 aliphatic heterocycles. The first-order chi connectivity index (χ1) is 6.56. The first-order valence-electron chi connectivity index (χ1n) is 3.81. The molecule has 1 rings (SSSR count). The van der Waals surface area contributed by atoms with Crippen molar-refractivity contribution in [2.24, 2.45) is 5.73 Å². The lowest BCUT2D eigenvalue weighted by Crippen LogP contribution is -2.12. The van der Waals surface area contributed by atoms with Crippen LogP contribution in [0.2, 0.25) is 0 Å². The van der Waals surface area contributed by atoms with Crippen molar-refractivity contribution in [2.75, 3.05) is 6.67 Å². The summed E-state index contributed by atoms with van der Waals surface area (Å²) in [6, 6.07) is 3.51. The summed E-state index contributed by atoms with van der Waals surface area (Å²) in [5, 5.41) is 10.5. The summed E-state index contributed by atoms with van der Waals surface area (Å²) >= 11 is 3.03. The molecule has 6 heteroatoms. The third kappa shape index (κ3) is 2.27. The van der Waals surface area contributed by atoms with E-state index in [1.807, 2.05) is 0 Å². The molecule has 0 spiro atoms. The van der Waals surface area contributed by atoms with E-state index in [0.29, 0.717) is 10.0 Å². The molecule has 0 heterocycles. The van der Waals surface area contributed by atoms with E-state index in [-0.39, 0.29) is 5.69 Å². The number of alkyl halides is 1. The Morgan fingerprint density at radius 3 is 2.79 bits per heavy atom. The number of benzene rings is 1. The van der Waals surface area contributed by atoms with Crippen LogP contribution in [0.15, 0.2) is 22.7 Å². The van der Waals surface area contributed by atoms with Crippen molar-refractivity contribution in [3.05, 3.63) is 38.3 Å². The molecule has 0 aliphatic carbocycles. The zero-order valence-electron chi connectivity index (χ0n) is 7.11. The van der Waals surface area contributed by atoms with Gasteiger partial charge in [-0.3, -0.25) is 10.1 Å². The Bertz CT molecular complexity index is 359. The van der Waals surface area contributed by atoms with Gasteiger partial charge in [0.05, 0.1) is 15.4 Å². The van der Waals surface area contributed by atoms with E-state index < -0.39 is 17.6 Å². The Morgan fingerprint density at radius 1 is 1.64 bits per heavy atom. The smallest absolute Gasteiger partial charge is 0.283 e. The molecule has 1 aromatic carbocycles. The standard InChI is InChI=1S/C8H8BrFN2O2/c9-6-2-1-5(7(11)4-10)3-8(6)12(13)14/h1-3,7H,4,11H2/t7-/m1/s1. The normalized spacial score (nSPS) is 12.5. The molecular weight excluding hydrogens is 255 g/mol. The molecule has 1 aromatic rings. The second kappa shape index (κ2) is 4.47. The number of nitro groups is 1. The molecule has 76 valence electrons. The maximum atomic E-state index is 12.2. The van der Waals surface area contributed by atoms with Gasteiger partial charge < -0.3 is 5.73 Å². The van der Waals surface area contributed by atoms with Gasteiger partial charge in [0.1, 0.15) is 6.67 Å². The lowest BCUT2D eigenvalue weighted by Gasteiger charge is -2.07. The Hall–Kier alpha value is -1.01. The summed E-state index contributed by atoms with van der Waals surface area (Å²) in [5.41, 5.74) is 5.71. The topological polar surface area (TPSA) is 69.2 Å². The maximum absolute atomic E-state index is 12.2. The fourth-order valence-corrected chi connectivity index (χ4v) is 1.38. The van der Waals surface area contributed by atoms with Crippen LogP contribution < -0.4 is 5.73 Å². The zero-order chi connectivity index (χ0) is 10.7. The number of nitrogens with zero attached hydrogens (tertiary/aromatic N) is 1. The van der Waals surface area contributed by atoms with E-state index in [0.717, 1.165) is 0 Å². The van der Waals surface area contributed by atoms with Crippen molar-refractivity contribution in [1.29, 1.82) is 0 Å². The van der Waals surface area contributed by atoms with Gasteiger partial charge in [0, 0.05) is 6.07 Å². The van der Waals surface area contributed by atoms with Crippen LogP contribution in [0.25, 0.3) is 0 Å². The summed E-state index contributed by atoms with van der Waals surface area (Å²) in [6.45, 7) is -0.737. The highest BCUT2D eigenvalue weighted by molar-refractivity contribution is 9.10. The van der Waals surface area contributed by atoms with Crippen LogP contribution in [-0.4, -0.2) is 11.6 Å². The van der Waals surface area contributed by atoms with E-state index in [1.165, 1.54) is 12.1 Å². The monoisotopic (exact) mass is 262 g/mol. The van der Waals surface area contributed by atoms with Crippen molar-refractivity contribution in [2.45, 2.75) is 6.04 Å². The summed E-state index contributed by atoms with van der Waals surface area (Å²) in [6.07, 6.45) is 0. The maximum Gasteiger partial charge on any atom is 0.283 e. The molecule has 0 saturated heterocycles. The molecule has 1 atom stereocenters. The van der Waals surface area contributed by atoms with E-state index >= 15 is 0 Å². The second-order valence-corrected chi connectivity index (χ2v) is 3.58. The van der Waals surface area contributed by atoms with E-state index in [2.05, 4.69) is 15.9 Å². The molecule has 0 aliphatic rings. The lowest BCUT2D eigenvalue weighted by molar-refractivity contribution is -0.385. The Kier molecular flexibility index (Phi) is 3.54. The van der Waals surface area contributed by atoms with Crippen molar-refractivity contribution >= 4 is 21.6 Å². The number of nitro benzene ring substituents is 1. The van der Waals surface area contributed by atoms with E-state index in [1.54, 1.807) is 6.07 Å². The number of halogens is 2. The fraction of sp³-hybridized carbons (Fsp3) is 0.250. The molecule has 2 N–H and O–H groups in total. The third-order valence-corrected chi connectivity index (χ3v) is 2.43. The zero-order valence-corrected chi connectivity index (χ0v) is 8.70. The molecule has 0 bridgehead atoms. The lowest BCUT2D eigenvalue weighted by atomic mass is 10.1. The van der Waals surface area contributed by atoms with Crippen LogP contribution >= 0.6 is 15.9 Å². The van der Waals surface area contributed by atoms with Crippen LogP contribution in [0.5, 0.6) is 0 Å². The molecule has 0 unspecified atom stereocenters. The molecule has 0 saturated carbocycles. The number of nitrogens with two attached hydrogens (primary N) is 1. The third-order valence-electron chi connectivity index (χ3n) is 1.76. The summed E-state index contributed by atoms with van der Waals surface area (Å²) in [7, 11) is 0. The van der Waals surface area contributed by atoms with Crippen LogP contribution in [0.1, 0.15) is 11.6 Å². The van der Waals surface area contributed by atoms with Crippen LogP contribution in [-0.2, 0) is 0 Å². The summed E-state index contributed by atoms with van der Waals surface area (Å²) in [5.74, 6) is 0. The highest BCUT2D eigenvalue weighted by Gasteiger charge is 2.15. The first-order valence-corrected chi connectivity index (χ1v) is 4.61. The van der Waals surface area contributed by atoms with E-state index in [9.17, 15) is 14.5 Å². The number of rotatable bonds is 3. The molecule has 0 fully saturated rings. The van der Waals surface area contributed by atoms with Crippen molar-refractivity contribution < 1.29 is 9.31 Å². The fourth-order valence-electron chi connectivity index (χ4n) is 0.989. The highest BCUT2D eigenvalue weighted by Crippen LogP contribution is 2.27.